The Labute approximate surface area is 159 Å². The van der Waals surface area contributed by atoms with Gasteiger partial charge in [0.15, 0.2) is 11.2 Å². The third-order valence-electron chi connectivity index (χ3n) is 4.52. The van der Waals surface area contributed by atoms with Crippen LogP contribution < -0.4 is 11.2 Å². The lowest BCUT2D eigenvalue weighted by atomic mass is 10.3. The lowest BCUT2D eigenvalue weighted by Gasteiger charge is -2.07. The quantitative estimate of drug-likeness (QED) is 0.511. The first-order valence-electron chi connectivity index (χ1n) is 8.40. The minimum Gasteiger partial charge on any atom is -0.283 e. The summed E-state index contributed by atoms with van der Waals surface area (Å²) in [5.41, 5.74) is 2.35. The first kappa shape index (κ1) is 17.4. The highest BCUT2D eigenvalue weighted by molar-refractivity contribution is 6.30. The SMILES string of the molecule is C=C(C)Cn1c(=O)c2c(nc3n(-c4cccc(Cl)c4)c(C)cn23)n(C)c1=O. The lowest BCUT2D eigenvalue weighted by molar-refractivity contribution is 0.651. The van der Waals surface area contributed by atoms with Gasteiger partial charge < -0.3 is 0 Å². The van der Waals surface area contributed by atoms with Gasteiger partial charge in [0.25, 0.3) is 5.56 Å². The summed E-state index contributed by atoms with van der Waals surface area (Å²) in [7, 11) is 1.61. The van der Waals surface area contributed by atoms with Gasteiger partial charge in [-0.25, -0.2) is 4.79 Å². The summed E-state index contributed by atoms with van der Waals surface area (Å²) in [5.74, 6) is 0.546. The first-order valence-corrected chi connectivity index (χ1v) is 8.77. The highest BCUT2D eigenvalue weighted by atomic mass is 35.5. The number of nitrogens with zero attached hydrogens (tertiary/aromatic N) is 5. The molecule has 4 aromatic rings. The first-order chi connectivity index (χ1) is 12.8. The molecule has 3 heterocycles. The zero-order chi connectivity index (χ0) is 19.5. The van der Waals surface area contributed by atoms with Crippen molar-refractivity contribution in [1.29, 1.82) is 0 Å². The largest absolute Gasteiger partial charge is 0.332 e. The summed E-state index contributed by atoms with van der Waals surface area (Å²) in [6.07, 6.45) is 1.84. The molecule has 0 saturated carbocycles. The van der Waals surface area contributed by atoms with E-state index >= 15 is 0 Å². The van der Waals surface area contributed by atoms with E-state index in [-0.39, 0.29) is 12.1 Å². The molecule has 3 aromatic heterocycles. The third-order valence-corrected chi connectivity index (χ3v) is 4.76. The van der Waals surface area contributed by atoms with Crippen LogP contribution in [0.15, 0.2) is 52.2 Å². The molecule has 0 aliphatic heterocycles. The van der Waals surface area contributed by atoms with Crippen LogP contribution in [0.3, 0.4) is 0 Å². The molecule has 0 radical (unpaired) electrons. The van der Waals surface area contributed by atoms with Crippen molar-refractivity contribution in [2.45, 2.75) is 20.4 Å². The summed E-state index contributed by atoms with van der Waals surface area (Å²) in [6, 6.07) is 7.39. The maximum absolute atomic E-state index is 13.0. The average Bonchev–Trinajstić information content (AvgIpc) is 3.11. The third kappa shape index (κ3) is 2.54. The van der Waals surface area contributed by atoms with E-state index in [1.54, 1.807) is 24.4 Å². The van der Waals surface area contributed by atoms with Gasteiger partial charge >= 0.3 is 5.69 Å². The number of benzene rings is 1. The Morgan fingerprint density at radius 1 is 1.30 bits per heavy atom. The second kappa shape index (κ2) is 5.99. The van der Waals surface area contributed by atoms with Crippen LogP contribution >= 0.6 is 11.6 Å². The van der Waals surface area contributed by atoms with Crippen LogP contribution in [0.5, 0.6) is 0 Å². The van der Waals surface area contributed by atoms with Gasteiger partial charge in [-0.2, -0.15) is 4.98 Å². The fourth-order valence-corrected chi connectivity index (χ4v) is 3.54. The molecule has 8 heteroatoms. The number of allylic oxidation sites excluding steroid dienone is 1. The number of halogens is 1. The maximum atomic E-state index is 13.0. The van der Waals surface area contributed by atoms with E-state index in [1.165, 1.54) is 9.13 Å². The lowest BCUT2D eigenvalue weighted by Crippen LogP contribution is -2.39. The summed E-state index contributed by atoms with van der Waals surface area (Å²) in [5, 5.41) is 0.603. The predicted octanol–water partition coefficient (Wildman–Crippen LogP) is 2.68. The Kier molecular flexibility index (Phi) is 3.85. The summed E-state index contributed by atoms with van der Waals surface area (Å²) >= 11 is 6.14. The fourth-order valence-electron chi connectivity index (χ4n) is 3.35. The number of rotatable bonds is 3. The minimum atomic E-state index is -0.415. The van der Waals surface area contributed by atoms with Crippen LogP contribution in [-0.4, -0.2) is 23.1 Å². The molecule has 27 heavy (non-hydrogen) atoms. The highest BCUT2D eigenvalue weighted by Gasteiger charge is 2.20. The number of hydrogen-bond donors (Lipinski definition) is 0. The van der Waals surface area contributed by atoms with Gasteiger partial charge in [-0.1, -0.05) is 29.8 Å². The van der Waals surface area contributed by atoms with Gasteiger partial charge in [0.05, 0.1) is 12.2 Å². The number of aryl methyl sites for hydroxylation is 2. The molecule has 0 saturated heterocycles. The Balaban J connectivity index is 2.14. The molecule has 4 rings (SSSR count). The zero-order valence-electron chi connectivity index (χ0n) is 15.2. The van der Waals surface area contributed by atoms with E-state index in [0.717, 1.165) is 17.0 Å². The van der Waals surface area contributed by atoms with Crippen LogP contribution in [0, 0.1) is 6.92 Å². The second-order valence-electron chi connectivity index (χ2n) is 6.73. The topological polar surface area (TPSA) is 66.2 Å². The highest BCUT2D eigenvalue weighted by Crippen LogP contribution is 2.22. The Morgan fingerprint density at radius 2 is 2.04 bits per heavy atom. The minimum absolute atomic E-state index is 0.169. The Hall–Kier alpha value is -3.06. The van der Waals surface area contributed by atoms with Crippen molar-refractivity contribution in [3.05, 3.63) is 74.2 Å². The summed E-state index contributed by atoms with van der Waals surface area (Å²) in [4.78, 5) is 30.2. The number of imidazole rings is 2. The maximum Gasteiger partial charge on any atom is 0.332 e. The monoisotopic (exact) mass is 383 g/mol. The molecule has 0 aliphatic rings. The van der Waals surface area contributed by atoms with Crippen LogP contribution in [0.1, 0.15) is 12.6 Å². The Morgan fingerprint density at radius 3 is 2.70 bits per heavy atom. The van der Waals surface area contributed by atoms with Crippen LogP contribution in [0.2, 0.25) is 5.02 Å². The van der Waals surface area contributed by atoms with Gasteiger partial charge in [0, 0.05) is 24.0 Å². The van der Waals surface area contributed by atoms with E-state index in [1.807, 2.05) is 35.9 Å². The normalized spacial score (nSPS) is 11.6. The number of aromatic nitrogens is 5. The zero-order valence-corrected chi connectivity index (χ0v) is 16.0. The van der Waals surface area contributed by atoms with Crippen molar-refractivity contribution < 1.29 is 0 Å². The van der Waals surface area contributed by atoms with Crippen molar-refractivity contribution in [1.82, 2.24) is 23.1 Å². The molecule has 7 nitrogen and oxygen atoms in total. The van der Waals surface area contributed by atoms with Crippen molar-refractivity contribution in [2.24, 2.45) is 7.05 Å². The standard InChI is InChI=1S/C19H18ClN5O2/c1-11(2)9-24-17(26)15-16(22(4)19(24)27)21-18-23(15)10-12(3)25(18)14-7-5-6-13(20)8-14/h5-8,10H,1,9H2,2-4H3. The van der Waals surface area contributed by atoms with E-state index in [4.69, 9.17) is 11.6 Å². The van der Waals surface area contributed by atoms with Crippen molar-refractivity contribution in [3.8, 4) is 5.69 Å². The molecular weight excluding hydrogens is 366 g/mol. The van der Waals surface area contributed by atoms with E-state index in [0.29, 0.717) is 22.0 Å². The molecule has 0 amide bonds. The predicted molar refractivity (Wildman–Crippen MR) is 106 cm³/mol. The second-order valence-corrected chi connectivity index (χ2v) is 7.17. The number of hydrogen-bond acceptors (Lipinski definition) is 3. The molecule has 0 bridgehead atoms. The van der Waals surface area contributed by atoms with E-state index in [2.05, 4.69) is 11.6 Å². The van der Waals surface area contributed by atoms with Gasteiger partial charge in [0.2, 0.25) is 5.78 Å². The molecule has 1 aromatic carbocycles. The van der Waals surface area contributed by atoms with Gasteiger partial charge in [-0.15, -0.1) is 0 Å². The smallest absolute Gasteiger partial charge is 0.283 e. The Bertz CT molecular complexity index is 1350. The van der Waals surface area contributed by atoms with Gasteiger partial charge in [-0.05, 0) is 32.0 Å². The molecule has 0 N–H and O–H groups in total. The van der Waals surface area contributed by atoms with Crippen molar-refractivity contribution in [2.75, 3.05) is 0 Å². The molecule has 138 valence electrons. The fraction of sp³-hybridized carbons (Fsp3) is 0.211. The van der Waals surface area contributed by atoms with E-state index < -0.39 is 5.69 Å². The molecule has 0 fully saturated rings. The average molecular weight is 384 g/mol. The molecule has 0 atom stereocenters. The molecular formula is C19H18ClN5O2. The summed E-state index contributed by atoms with van der Waals surface area (Å²) < 4.78 is 6.20. The van der Waals surface area contributed by atoms with Crippen LogP contribution in [0.25, 0.3) is 22.6 Å². The van der Waals surface area contributed by atoms with Crippen LogP contribution in [-0.2, 0) is 13.6 Å². The molecule has 0 aliphatic carbocycles. The molecule has 0 unspecified atom stereocenters. The van der Waals surface area contributed by atoms with Gasteiger partial charge in [0.1, 0.15) is 0 Å². The van der Waals surface area contributed by atoms with Crippen molar-refractivity contribution >= 4 is 28.5 Å². The molecule has 0 spiro atoms. The summed E-state index contributed by atoms with van der Waals surface area (Å²) in [6.45, 7) is 7.69. The number of fused-ring (bicyclic) bond motifs is 3. The van der Waals surface area contributed by atoms with Crippen molar-refractivity contribution in [3.63, 3.8) is 0 Å². The van der Waals surface area contributed by atoms with E-state index in [9.17, 15) is 9.59 Å². The van der Waals surface area contributed by atoms with Gasteiger partial charge in [-0.3, -0.25) is 22.9 Å². The van der Waals surface area contributed by atoms with Crippen LogP contribution in [0.4, 0.5) is 0 Å².